The Hall–Kier alpha value is -2.94. The first-order valence-corrected chi connectivity index (χ1v) is 10.9. The van der Waals surface area contributed by atoms with E-state index in [4.69, 9.17) is 9.47 Å². The molecule has 0 radical (unpaired) electrons. The summed E-state index contributed by atoms with van der Waals surface area (Å²) in [4.78, 5) is 16.6. The number of carbonyl (C=O) groups is 1. The van der Waals surface area contributed by atoms with Crippen molar-refractivity contribution in [3.05, 3.63) is 53.6 Å². The van der Waals surface area contributed by atoms with E-state index in [-0.39, 0.29) is 11.9 Å². The third kappa shape index (κ3) is 6.31. The summed E-state index contributed by atoms with van der Waals surface area (Å²) in [6.45, 7) is 4.66. The van der Waals surface area contributed by atoms with E-state index in [1.54, 1.807) is 20.3 Å². The molecule has 6 nitrogen and oxygen atoms in total. The number of nitrogens with zero attached hydrogens (tertiary/aromatic N) is 2. The summed E-state index contributed by atoms with van der Waals surface area (Å²) in [6.07, 6.45) is -3.70. The molecular weight excluding hydrogens is 435 g/mol. The number of hydrogen-bond acceptors (Lipinski definition) is 5. The number of nitrogens with one attached hydrogen (secondary N) is 1. The molecule has 9 heteroatoms. The summed E-state index contributed by atoms with van der Waals surface area (Å²) in [5, 5.41) is 2.97. The number of benzene rings is 2. The molecule has 1 saturated heterocycles. The average molecular weight is 466 g/mol. The zero-order chi connectivity index (χ0) is 24.0. The van der Waals surface area contributed by atoms with Gasteiger partial charge in [-0.2, -0.15) is 13.2 Å². The Kier molecular flexibility index (Phi) is 8.07. The summed E-state index contributed by atoms with van der Waals surface area (Å²) < 4.78 is 49.5. The lowest BCUT2D eigenvalue weighted by Gasteiger charge is -2.38. The molecule has 1 aliphatic heterocycles. The fourth-order valence-electron chi connectivity index (χ4n) is 3.93. The number of methoxy groups -OCH3 is 2. The van der Waals surface area contributed by atoms with Crippen LogP contribution in [0.15, 0.2) is 42.5 Å². The van der Waals surface area contributed by atoms with Crippen LogP contribution in [0.5, 0.6) is 11.5 Å². The number of halogens is 3. The first-order valence-electron chi connectivity index (χ1n) is 10.9. The molecule has 0 aromatic heterocycles. The minimum atomic E-state index is -4.36. The lowest BCUT2D eigenvalue weighted by molar-refractivity contribution is -0.137. The van der Waals surface area contributed by atoms with E-state index in [0.717, 1.165) is 11.6 Å². The Morgan fingerprint density at radius 3 is 2.36 bits per heavy atom. The molecule has 2 aromatic carbocycles. The predicted molar refractivity (Wildman–Crippen MR) is 121 cm³/mol. The molecule has 1 atom stereocenters. The van der Waals surface area contributed by atoms with E-state index in [1.807, 2.05) is 30.0 Å². The molecule has 1 aliphatic rings. The SMILES string of the molecule is COc1ccc(CCNC(=O)C(C)N2CCN(c3cccc(C(F)(F)F)c3)CC2)cc1OC. The molecule has 1 N–H and O–H groups in total. The highest BCUT2D eigenvalue weighted by Crippen LogP contribution is 2.32. The normalized spacial score (nSPS) is 15.8. The quantitative estimate of drug-likeness (QED) is 0.646. The number of ether oxygens (including phenoxy) is 2. The van der Waals surface area contributed by atoms with Gasteiger partial charge in [-0.15, -0.1) is 0 Å². The molecule has 0 spiro atoms. The molecule has 0 bridgehead atoms. The molecule has 0 aliphatic carbocycles. The van der Waals surface area contributed by atoms with Gasteiger partial charge in [0.2, 0.25) is 5.91 Å². The van der Waals surface area contributed by atoms with Gasteiger partial charge in [0, 0.05) is 38.4 Å². The lowest BCUT2D eigenvalue weighted by Crippen LogP contribution is -2.54. The van der Waals surface area contributed by atoms with Crippen molar-refractivity contribution in [1.82, 2.24) is 10.2 Å². The number of amides is 1. The van der Waals surface area contributed by atoms with Gasteiger partial charge in [0.1, 0.15) is 0 Å². The third-order valence-electron chi connectivity index (χ3n) is 5.94. The number of rotatable bonds is 8. The van der Waals surface area contributed by atoms with Crippen LogP contribution in [0.4, 0.5) is 18.9 Å². The van der Waals surface area contributed by atoms with E-state index in [9.17, 15) is 18.0 Å². The molecular formula is C24H30F3N3O3. The molecule has 180 valence electrons. The van der Waals surface area contributed by atoms with Crippen molar-refractivity contribution in [1.29, 1.82) is 0 Å². The molecule has 2 aromatic rings. The molecule has 1 unspecified atom stereocenters. The zero-order valence-electron chi connectivity index (χ0n) is 19.1. The Morgan fingerprint density at radius 1 is 1.03 bits per heavy atom. The largest absolute Gasteiger partial charge is 0.493 e. The van der Waals surface area contributed by atoms with E-state index in [1.165, 1.54) is 12.1 Å². The van der Waals surface area contributed by atoms with E-state index in [0.29, 0.717) is 56.3 Å². The van der Waals surface area contributed by atoms with Gasteiger partial charge in [0.05, 0.1) is 25.8 Å². The minimum Gasteiger partial charge on any atom is -0.493 e. The van der Waals surface area contributed by atoms with Crippen LogP contribution in [0.25, 0.3) is 0 Å². The van der Waals surface area contributed by atoms with Crippen LogP contribution in [0.3, 0.4) is 0 Å². The minimum absolute atomic E-state index is 0.0667. The monoisotopic (exact) mass is 465 g/mol. The van der Waals surface area contributed by atoms with Crippen LogP contribution in [0.2, 0.25) is 0 Å². The Morgan fingerprint density at radius 2 is 1.73 bits per heavy atom. The van der Waals surface area contributed by atoms with Gasteiger partial charge in [-0.1, -0.05) is 12.1 Å². The molecule has 1 heterocycles. The number of anilines is 1. The Bertz CT molecular complexity index is 944. The molecule has 0 saturated carbocycles. The summed E-state index contributed by atoms with van der Waals surface area (Å²) in [5.41, 5.74) is 0.927. The first-order chi connectivity index (χ1) is 15.7. The van der Waals surface area contributed by atoms with Gasteiger partial charge < -0.3 is 19.7 Å². The maximum Gasteiger partial charge on any atom is 0.416 e. The van der Waals surface area contributed by atoms with Crippen LogP contribution in [-0.2, 0) is 17.4 Å². The van der Waals surface area contributed by atoms with Crippen molar-refractivity contribution < 1.29 is 27.4 Å². The molecule has 1 amide bonds. The maximum atomic E-state index is 13.0. The Balaban J connectivity index is 1.47. The van der Waals surface area contributed by atoms with Gasteiger partial charge in [0.25, 0.3) is 0 Å². The highest BCUT2D eigenvalue weighted by Gasteiger charge is 2.31. The van der Waals surface area contributed by atoms with Crippen molar-refractivity contribution >= 4 is 11.6 Å². The highest BCUT2D eigenvalue weighted by atomic mass is 19.4. The zero-order valence-corrected chi connectivity index (χ0v) is 19.1. The number of piperazine rings is 1. The Labute approximate surface area is 192 Å². The van der Waals surface area contributed by atoms with Crippen LogP contribution in [0.1, 0.15) is 18.1 Å². The highest BCUT2D eigenvalue weighted by molar-refractivity contribution is 5.81. The van der Waals surface area contributed by atoms with Gasteiger partial charge >= 0.3 is 6.18 Å². The van der Waals surface area contributed by atoms with Crippen molar-refractivity contribution in [3.8, 4) is 11.5 Å². The summed E-state index contributed by atoms with van der Waals surface area (Å²) in [7, 11) is 3.16. The summed E-state index contributed by atoms with van der Waals surface area (Å²) in [6, 6.07) is 10.7. The van der Waals surface area contributed by atoms with Crippen LogP contribution < -0.4 is 19.7 Å². The maximum absolute atomic E-state index is 13.0. The van der Waals surface area contributed by atoms with Crippen LogP contribution >= 0.6 is 0 Å². The van der Waals surface area contributed by atoms with Gasteiger partial charge in [-0.3, -0.25) is 9.69 Å². The molecule has 3 rings (SSSR count). The van der Waals surface area contributed by atoms with Crippen molar-refractivity contribution in [3.63, 3.8) is 0 Å². The van der Waals surface area contributed by atoms with E-state index >= 15 is 0 Å². The fraction of sp³-hybridized carbons (Fsp3) is 0.458. The van der Waals surface area contributed by atoms with E-state index in [2.05, 4.69) is 10.2 Å². The first kappa shape index (κ1) is 24.7. The summed E-state index contributed by atoms with van der Waals surface area (Å²) in [5.74, 6) is 1.24. The lowest BCUT2D eigenvalue weighted by atomic mass is 10.1. The number of carbonyl (C=O) groups excluding carboxylic acids is 1. The smallest absolute Gasteiger partial charge is 0.416 e. The van der Waals surface area contributed by atoms with Crippen LogP contribution in [0, 0.1) is 0 Å². The van der Waals surface area contributed by atoms with Gasteiger partial charge in [-0.25, -0.2) is 0 Å². The fourth-order valence-corrected chi connectivity index (χ4v) is 3.93. The predicted octanol–water partition coefficient (Wildman–Crippen LogP) is 3.59. The van der Waals surface area contributed by atoms with Gasteiger partial charge in [-0.05, 0) is 49.2 Å². The van der Waals surface area contributed by atoms with Crippen molar-refractivity contribution in [2.24, 2.45) is 0 Å². The van der Waals surface area contributed by atoms with Crippen molar-refractivity contribution in [2.75, 3.05) is 51.8 Å². The second-order valence-electron chi connectivity index (χ2n) is 7.98. The summed E-state index contributed by atoms with van der Waals surface area (Å²) >= 11 is 0. The second-order valence-corrected chi connectivity index (χ2v) is 7.98. The van der Waals surface area contributed by atoms with Crippen molar-refractivity contribution in [2.45, 2.75) is 25.6 Å². The molecule has 1 fully saturated rings. The second kappa shape index (κ2) is 10.8. The number of hydrogen-bond donors (Lipinski definition) is 1. The standard InChI is InChI=1S/C24H30F3N3O3/c1-17(23(31)28-10-9-18-7-8-21(32-2)22(15-18)33-3)29-11-13-30(14-12-29)20-6-4-5-19(16-20)24(25,26)27/h4-8,15-17H,9-14H2,1-3H3,(H,28,31). The molecule has 33 heavy (non-hydrogen) atoms. The topological polar surface area (TPSA) is 54.0 Å². The van der Waals surface area contributed by atoms with Gasteiger partial charge in [0.15, 0.2) is 11.5 Å². The third-order valence-corrected chi connectivity index (χ3v) is 5.94. The average Bonchev–Trinajstić information content (AvgIpc) is 2.83. The number of alkyl halides is 3. The van der Waals surface area contributed by atoms with E-state index < -0.39 is 11.7 Å². The van der Waals surface area contributed by atoms with Crippen LogP contribution in [-0.4, -0.2) is 63.8 Å².